The normalized spacial score (nSPS) is 17.8. The number of ether oxygens (including phenoxy) is 1. The summed E-state index contributed by atoms with van der Waals surface area (Å²) in [6.07, 6.45) is 4.71. The molecule has 1 aliphatic carbocycles. The monoisotopic (exact) mass is 267 g/mol. The fourth-order valence-corrected chi connectivity index (χ4v) is 3.72. The number of rotatable bonds is 6. The van der Waals surface area contributed by atoms with Crippen molar-refractivity contribution in [1.82, 2.24) is 0 Å². The fourth-order valence-electron chi connectivity index (χ4n) is 2.28. The van der Waals surface area contributed by atoms with Crippen LogP contribution in [0.4, 0.5) is 0 Å². The van der Waals surface area contributed by atoms with Crippen LogP contribution >= 0.6 is 0 Å². The third kappa shape index (κ3) is 3.82. The Morgan fingerprint density at radius 1 is 1.22 bits per heavy atom. The molecule has 18 heavy (non-hydrogen) atoms. The molecule has 2 N–H and O–H groups in total. The lowest BCUT2D eigenvalue weighted by Crippen LogP contribution is -2.18. The van der Waals surface area contributed by atoms with Gasteiger partial charge in [-0.1, -0.05) is 25.0 Å². The van der Waals surface area contributed by atoms with Crippen molar-refractivity contribution in [2.24, 2.45) is 5.73 Å². The van der Waals surface area contributed by atoms with E-state index in [4.69, 9.17) is 10.5 Å². The van der Waals surface area contributed by atoms with Gasteiger partial charge in [0.05, 0.1) is 12.4 Å². The second-order valence-electron chi connectivity index (χ2n) is 4.69. The molecular weight excluding hydrogens is 246 g/mol. The molecule has 1 saturated carbocycles. The third-order valence-corrected chi connectivity index (χ3v) is 5.17. The van der Waals surface area contributed by atoms with Gasteiger partial charge in [0.25, 0.3) is 0 Å². The lowest BCUT2D eigenvalue weighted by molar-refractivity contribution is 0.342. The smallest absolute Gasteiger partial charge is 0.119 e. The van der Waals surface area contributed by atoms with Crippen LogP contribution in [0.15, 0.2) is 24.3 Å². The van der Waals surface area contributed by atoms with Crippen molar-refractivity contribution in [1.29, 1.82) is 0 Å². The maximum Gasteiger partial charge on any atom is 0.119 e. The molecule has 0 amide bonds. The van der Waals surface area contributed by atoms with Gasteiger partial charge in [0.1, 0.15) is 5.75 Å². The van der Waals surface area contributed by atoms with Crippen molar-refractivity contribution in [2.45, 2.75) is 37.5 Å². The maximum atomic E-state index is 12.0. The second kappa shape index (κ2) is 6.90. The van der Waals surface area contributed by atoms with Crippen molar-refractivity contribution in [3.05, 3.63) is 29.8 Å². The molecule has 0 spiro atoms. The average Bonchev–Trinajstić information content (AvgIpc) is 2.93. The maximum absolute atomic E-state index is 12.0. The van der Waals surface area contributed by atoms with Crippen molar-refractivity contribution in [3.8, 4) is 5.75 Å². The Morgan fingerprint density at radius 2 is 1.89 bits per heavy atom. The zero-order valence-corrected chi connectivity index (χ0v) is 11.5. The summed E-state index contributed by atoms with van der Waals surface area (Å²) in [5.41, 5.74) is 6.62. The topological polar surface area (TPSA) is 52.3 Å². The van der Waals surface area contributed by atoms with Gasteiger partial charge < -0.3 is 10.5 Å². The number of hydrogen-bond donors (Lipinski definition) is 1. The van der Waals surface area contributed by atoms with Gasteiger partial charge in [0.2, 0.25) is 0 Å². The summed E-state index contributed by atoms with van der Waals surface area (Å²) in [4.78, 5) is 0. The van der Waals surface area contributed by atoms with Crippen LogP contribution in [0.2, 0.25) is 0 Å². The molecule has 0 bridgehead atoms. The van der Waals surface area contributed by atoms with Crippen LogP contribution in [0, 0.1) is 0 Å². The summed E-state index contributed by atoms with van der Waals surface area (Å²) in [7, 11) is -0.720. The lowest BCUT2D eigenvalue weighted by atomic mass is 10.2. The first-order chi connectivity index (χ1) is 8.79. The molecule has 1 aliphatic rings. The minimum Gasteiger partial charge on any atom is -0.493 e. The highest BCUT2D eigenvalue weighted by Gasteiger charge is 2.20. The fraction of sp³-hybridized carbons (Fsp3) is 0.571. The summed E-state index contributed by atoms with van der Waals surface area (Å²) in [5.74, 6) is 1.47. The summed E-state index contributed by atoms with van der Waals surface area (Å²) >= 11 is 0. The van der Waals surface area contributed by atoms with E-state index >= 15 is 0 Å². The lowest BCUT2D eigenvalue weighted by Gasteiger charge is -2.10. The minimum atomic E-state index is -0.720. The molecule has 0 aromatic heterocycles. The van der Waals surface area contributed by atoms with Crippen molar-refractivity contribution < 1.29 is 8.95 Å². The van der Waals surface area contributed by atoms with Gasteiger partial charge in [-0.15, -0.1) is 0 Å². The van der Waals surface area contributed by atoms with Crippen LogP contribution in [0.1, 0.15) is 31.2 Å². The predicted octanol–water partition coefficient (Wildman–Crippen LogP) is 2.22. The molecule has 100 valence electrons. The SMILES string of the molecule is NCc1ccc(OCCS(=O)C2CCCC2)cc1. The largest absolute Gasteiger partial charge is 0.493 e. The van der Waals surface area contributed by atoms with Crippen LogP contribution in [-0.2, 0) is 17.3 Å². The first-order valence-corrected chi connectivity index (χ1v) is 7.97. The van der Waals surface area contributed by atoms with Crippen LogP contribution in [0.5, 0.6) is 5.75 Å². The zero-order valence-electron chi connectivity index (χ0n) is 10.6. The second-order valence-corrected chi connectivity index (χ2v) is 6.52. The van der Waals surface area contributed by atoms with Gasteiger partial charge in [-0.05, 0) is 30.5 Å². The highest BCUT2D eigenvalue weighted by Crippen LogP contribution is 2.23. The standard InChI is InChI=1S/C14H21NO2S/c15-11-12-5-7-13(8-6-12)17-9-10-18(16)14-3-1-2-4-14/h5-8,14H,1-4,9-11,15H2. The molecule has 0 aliphatic heterocycles. The molecule has 3 nitrogen and oxygen atoms in total. The van der Waals surface area contributed by atoms with E-state index in [1.165, 1.54) is 12.8 Å². The Morgan fingerprint density at radius 3 is 2.50 bits per heavy atom. The molecule has 2 rings (SSSR count). The predicted molar refractivity (Wildman–Crippen MR) is 75.1 cm³/mol. The molecule has 4 heteroatoms. The van der Waals surface area contributed by atoms with Gasteiger partial charge in [-0.2, -0.15) is 0 Å². The Kier molecular flexibility index (Phi) is 5.20. The summed E-state index contributed by atoms with van der Waals surface area (Å²) in [5, 5.41) is 0.410. The van der Waals surface area contributed by atoms with Crippen molar-refractivity contribution in [2.75, 3.05) is 12.4 Å². The average molecular weight is 267 g/mol. The molecule has 1 fully saturated rings. The Labute approximate surface area is 111 Å². The van der Waals surface area contributed by atoms with Crippen LogP contribution in [0.25, 0.3) is 0 Å². The molecule has 0 saturated heterocycles. The number of benzene rings is 1. The van der Waals surface area contributed by atoms with E-state index in [0.29, 0.717) is 24.2 Å². The zero-order chi connectivity index (χ0) is 12.8. The van der Waals surface area contributed by atoms with E-state index in [9.17, 15) is 4.21 Å². The van der Waals surface area contributed by atoms with Gasteiger partial charge in [0.15, 0.2) is 0 Å². The number of nitrogens with two attached hydrogens (primary N) is 1. The molecule has 0 radical (unpaired) electrons. The van der Waals surface area contributed by atoms with Gasteiger partial charge in [-0.3, -0.25) is 4.21 Å². The summed E-state index contributed by atoms with van der Waals surface area (Å²) in [6, 6.07) is 7.76. The highest BCUT2D eigenvalue weighted by molar-refractivity contribution is 7.85. The quantitative estimate of drug-likeness (QED) is 0.860. The Balaban J connectivity index is 1.72. The first-order valence-electron chi connectivity index (χ1n) is 6.58. The van der Waals surface area contributed by atoms with Gasteiger partial charge >= 0.3 is 0 Å². The van der Waals surface area contributed by atoms with Crippen LogP contribution in [0.3, 0.4) is 0 Å². The Bertz CT molecular complexity index is 385. The first kappa shape index (κ1) is 13.6. The van der Waals surface area contributed by atoms with Crippen LogP contribution in [-0.4, -0.2) is 21.8 Å². The van der Waals surface area contributed by atoms with Gasteiger partial charge in [-0.25, -0.2) is 0 Å². The highest BCUT2D eigenvalue weighted by atomic mass is 32.2. The van der Waals surface area contributed by atoms with E-state index in [0.717, 1.165) is 24.2 Å². The molecule has 1 unspecified atom stereocenters. The van der Waals surface area contributed by atoms with E-state index in [2.05, 4.69) is 0 Å². The molecule has 1 aromatic carbocycles. The molecule has 1 aromatic rings. The third-order valence-electron chi connectivity index (χ3n) is 3.39. The van der Waals surface area contributed by atoms with Crippen molar-refractivity contribution >= 4 is 10.8 Å². The van der Waals surface area contributed by atoms with Gasteiger partial charge in [0, 0.05) is 22.6 Å². The van der Waals surface area contributed by atoms with E-state index in [-0.39, 0.29) is 0 Å². The summed E-state index contributed by atoms with van der Waals surface area (Å²) in [6.45, 7) is 1.08. The summed E-state index contributed by atoms with van der Waals surface area (Å²) < 4.78 is 17.6. The Hall–Kier alpha value is -0.870. The van der Waals surface area contributed by atoms with E-state index in [1.807, 2.05) is 24.3 Å². The molecular formula is C14H21NO2S. The van der Waals surface area contributed by atoms with E-state index < -0.39 is 10.8 Å². The number of hydrogen-bond acceptors (Lipinski definition) is 3. The molecule has 0 heterocycles. The van der Waals surface area contributed by atoms with Crippen LogP contribution < -0.4 is 10.5 Å². The minimum absolute atomic E-state index is 0.410. The molecule has 1 atom stereocenters. The van der Waals surface area contributed by atoms with Crippen molar-refractivity contribution in [3.63, 3.8) is 0 Å². The van der Waals surface area contributed by atoms with E-state index in [1.54, 1.807) is 0 Å².